The first-order chi connectivity index (χ1) is 12.5. The van der Waals surface area contributed by atoms with Gasteiger partial charge < -0.3 is 16.0 Å². The van der Waals surface area contributed by atoms with Crippen LogP contribution >= 0.6 is 0 Å². The third kappa shape index (κ3) is 5.93. The van der Waals surface area contributed by atoms with Crippen LogP contribution < -0.4 is 16.0 Å². The monoisotopic (exact) mass is 355 g/mol. The van der Waals surface area contributed by atoms with E-state index in [2.05, 4.69) is 25.9 Å². The molecule has 0 saturated heterocycles. The van der Waals surface area contributed by atoms with Crippen LogP contribution in [0.4, 0.5) is 5.69 Å². The van der Waals surface area contributed by atoms with E-state index in [1.807, 2.05) is 32.0 Å². The molecule has 1 aromatic heterocycles. The number of benzene rings is 1. The Kier molecular flexibility index (Phi) is 7.23. The number of anilines is 1. The van der Waals surface area contributed by atoms with E-state index in [0.29, 0.717) is 30.0 Å². The predicted octanol–water partition coefficient (Wildman–Crippen LogP) is 1.98. The molecular formula is C19H25N5O2. The molecule has 0 aliphatic rings. The second-order valence-corrected chi connectivity index (χ2v) is 6.43. The molecular weight excluding hydrogens is 330 g/mol. The fourth-order valence-corrected chi connectivity index (χ4v) is 2.42. The van der Waals surface area contributed by atoms with Gasteiger partial charge in [0.25, 0.3) is 5.91 Å². The van der Waals surface area contributed by atoms with Gasteiger partial charge in [-0.25, -0.2) is 9.97 Å². The molecule has 0 aliphatic carbocycles. The van der Waals surface area contributed by atoms with Gasteiger partial charge in [-0.15, -0.1) is 0 Å². The third-order valence-electron chi connectivity index (χ3n) is 3.67. The van der Waals surface area contributed by atoms with Crippen LogP contribution in [0, 0.1) is 5.92 Å². The van der Waals surface area contributed by atoms with Crippen LogP contribution in [-0.4, -0.2) is 34.9 Å². The number of amides is 2. The van der Waals surface area contributed by atoms with Crippen LogP contribution in [0.3, 0.4) is 0 Å². The summed E-state index contributed by atoms with van der Waals surface area (Å²) in [6.07, 6.45) is 3.47. The molecule has 3 N–H and O–H groups in total. The summed E-state index contributed by atoms with van der Waals surface area (Å²) in [5.74, 6) is 0.238. The molecule has 0 aliphatic heterocycles. The predicted molar refractivity (Wildman–Crippen MR) is 101 cm³/mol. The van der Waals surface area contributed by atoms with Crippen LogP contribution in [0.2, 0.25) is 0 Å². The van der Waals surface area contributed by atoms with E-state index < -0.39 is 6.04 Å². The number of nitrogens with one attached hydrogen (secondary N) is 3. The molecule has 0 radical (unpaired) electrons. The number of nitrogens with zero attached hydrogens (tertiary/aromatic N) is 2. The zero-order chi connectivity index (χ0) is 18.9. The topological polar surface area (TPSA) is 96.0 Å². The van der Waals surface area contributed by atoms with Gasteiger partial charge in [0, 0.05) is 18.1 Å². The van der Waals surface area contributed by atoms with Gasteiger partial charge in [-0.1, -0.05) is 32.0 Å². The first kappa shape index (κ1) is 19.5. The number of aromatic nitrogens is 2. The summed E-state index contributed by atoms with van der Waals surface area (Å²) in [6, 6.07) is 8.53. The third-order valence-corrected chi connectivity index (χ3v) is 3.67. The first-order valence-corrected chi connectivity index (χ1v) is 8.62. The fourth-order valence-electron chi connectivity index (χ4n) is 2.42. The minimum Gasteiger partial charge on any atom is -0.340 e. The normalized spacial score (nSPS) is 11.8. The highest BCUT2D eigenvalue weighted by Gasteiger charge is 2.23. The minimum atomic E-state index is -0.639. The van der Waals surface area contributed by atoms with Gasteiger partial charge in [-0.3, -0.25) is 9.59 Å². The lowest BCUT2D eigenvalue weighted by Crippen LogP contribution is -2.44. The van der Waals surface area contributed by atoms with Crippen LogP contribution in [0.25, 0.3) is 0 Å². The molecule has 7 heteroatoms. The molecule has 0 fully saturated rings. The summed E-state index contributed by atoms with van der Waals surface area (Å²) in [4.78, 5) is 33.3. The van der Waals surface area contributed by atoms with Crippen molar-refractivity contribution in [2.24, 2.45) is 5.92 Å². The van der Waals surface area contributed by atoms with Gasteiger partial charge in [-0.05, 0) is 31.5 Å². The highest BCUT2D eigenvalue weighted by atomic mass is 16.2. The molecule has 138 valence electrons. The van der Waals surface area contributed by atoms with Gasteiger partial charge in [0.1, 0.15) is 11.9 Å². The van der Waals surface area contributed by atoms with Crippen molar-refractivity contribution in [3.8, 4) is 0 Å². The molecule has 1 heterocycles. The zero-order valence-corrected chi connectivity index (χ0v) is 15.3. The average molecular weight is 355 g/mol. The average Bonchev–Trinajstić information content (AvgIpc) is 2.62. The van der Waals surface area contributed by atoms with E-state index in [1.54, 1.807) is 19.2 Å². The molecule has 0 spiro atoms. The van der Waals surface area contributed by atoms with E-state index in [4.69, 9.17) is 0 Å². The van der Waals surface area contributed by atoms with E-state index in [1.165, 1.54) is 12.4 Å². The molecule has 7 nitrogen and oxygen atoms in total. The SMILES string of the molecule is CNCc1ncc(C(=O)N[C@@H](CC(C)C)C(=O)Nc2ccccc2)cn1. The van der Waals surface area contributed by atoms with E-state index in [9.17, 15) is 9.59 Å². The second kappa shape index (κ2) is 9.62. The van der Waals surface area contributed by atoms with Crippen molar-refractivity contribution in [3.63, 3.8) is 0 Å². The summed E-state index contributed by atoms with van der Waals surface area (Å²) >= 11 is 0. The molecule has 26 heavy (non-hydrogen) atoms. The number of rotatable bonds is 8. The lowest BCUT2D eigenvalue weighted by molar-refractivity contribution is -0.118. The number of carbonyl (C=O) groups is 2. The van der Waals surface area contributed by atoms with Crippen molar-refractivity contribution in [1.29, 1.82) is 0 Å². The Morgan fingerprint density at radius 1 is 1.08 bits per heavy atom. The Morgan fingerprint density at radius 2 is 1.73 bits per heavy atom. The minimum absolute atomic E-state index is 0.244. The summed E-state index contributed by atoms with van der Waals surface area (Å²) in [7, 11) is 1.80. The maximum atomic E-state index is 12.6. The summed E-state index contributed by atoms with van der Waals surface area (Å²) in [6.45, 7) is 4.53. The molecule has 0 bridgehead atoms. The molecule has 2 amide bonds. The van der Waals surface area contributed by atoms with Crippen molar-refractivity contribution in [2.75, 3.05) is 12.4 Å². The summed E-state index contributed by atoms with van der Waals surface area (Å²) in [5, 5.41) is 8.57. The van der Waals surface area contributed by atoms with Gasteiger partial charge in [-0.2, -0.15) is 0 Å². The second-order valence-electron chi connectivity index (χ2n) is 6.43. The van der Waals surface area contributed by atoms with Crippen LogP contribution in [0.1, 0.15) is 36.5 Å². The standard InChI is InChI=1S/C19H25N5O2/c1-13(2)9-16(19(26)23-15-7-5-4-6-8-15)24-18(25)14-10-21-17(12-20-3)22-11-14/h4-8,10-11,13,16,20H,9,12H2,1-3H3,(H,23,26)(H,24,25)/t16-/m0/s1. The number of hydrogen-bond donors (Lipinski definition) is 3. The Labute approximate surface area is 153 Å². The molecule has 1 atom stereocenters. The van der Waals surface area contributed by atoms with Crippen LogP contribution in [0.15, 0.2) is 42.7 Å². The highest BCUT2D eigenvalue weighted by molar-refractivity contribution is 6.00. The zero-order valence-electron chi connectivity index (χ0n) is 15.3. The number of para-hydroxylation sites is 1. The van der Waals surface area contributed by atoms with E-state index >= 15 is 0 Å². The van der Waals surface area contributed by atoms with Gasteiger partial charge in [0.15, 0.2) is 0 Å². The Balaban J connectivity index is 2.06. The van der Waals surface area contributed by atoms with E-state index in [-0.39, 0.29) is 17.7 Å². The number of carbonyl (C=O) groups excluding carboxylic acids is 2. The lowest BCUT2D eigenvalue weighted by Gasteiger charge is -2.20. The quantitative estimate of drug-likeness (QED) is 0.673. The maximum absolute atomic E-state index is 12.6. The highest BCUT2D eigenvalue weighted by Crippen LogP contribution is 2.11. The molecule has 0 saturated carbocycles. The number of hydrogen-bond acceptors (Lipinski definition) is 5. The first-order valence-electron chi connectivity index (χ1n) is 8.62. The van der Waals surface area contributed by atoms with E-state index in [0.717, 1.165) is 0 Å². The van der Waals surface area contributed by atoms with Gasteiger partial charge in [0.05, 0.1) is 12.1 Å². The molecule has 2 rings (SSSR count). The van der Waals surface area contributed by atoms with Crippen molar-refractivity contribution in [1.82, 2.24) is 20.6 Å². The molecule has 2 aromatic rings. The fraction of sp³-hybridized carbons (Fsp3) is 0.368. The molecule has 0 unspecified atom stereocenters. The van der Waals surface area contributed by atoms with Gasteiger partial charge >= 0.3 is 0 Å². The Hall–Kier alpha value is -2.80. The Morgan fingerprint density at radius 3 is 2.31 bits per heavy atom. The maximum Gasteiger partial charge on any atom is 0.255 e. The Bertz CT molecular complexity index is 716. The van der Waals surface area contributed by atoms with Crippen LogP contribution in [0.5, 0.6) is 0 Å². The van der Waals surface area contributed by atoms with Gasteiger partial charge in [0.2, 0.25) is 5.91 Å². The summed E-state index contributed by atoms with van der Waals surface area (Å²) < 4.78 is 0. The van der Waals surface area contributed by atoms with Crippen LogP contribution in [-0.2, 0) is 11.3 Å². The lowest BCUT2D eigenvalue weighted by atomic mass is 10.0. The van der Waals surface area contributed by atoms with Crippen molar-refractivity contribution >= 4 is 17.5 Å². The van der Waals surface area contributed by atoms with Crippen molar-refractivity contribution < 1.29 is 9.59 Å². The van der Waals surface area contributed by atoms with Crippen molar-refractivity contribution in [2.45, 2.75) is 32.9 Å². The molecule has 1 aromatic carbocycles. The van der Waals surface area contributed by atoms with Crippen molar-refractivity contribution in [3.05, 3.63) is 54.1 Å². The smallest absolute Gasteiger partial charge is 0.255 e. The summed E-state index contributed by atoms with van der Waals surface area (Å²) in [5.41, 5.74) is 1.02. The largest absolute Gasteiger partial charge is 0.340 e.